The zero-order valence-corrected chi connectivity index (χ0v) is 15.4. The first-order valence-corrected chi connectivity index (χ1v) is 8.56. The number of rotatable bonds is 4. The molecule has 0 radical (unpaired) electrons. The van der Waals surface area contributed by atoms with Crippen molar-refractivity contribution in [2.75, 3.05) is 0 Å². The van der Waals surface area contributed by atoms with Gasteiger partial charge in [0, 0.05) is 11.6 Å². The quantitative estimate of drug-likeness (QED) is 0.551. The summed E-state index contributed by atoms with van der Waals surface area (Å²) in [5.74, 6) is 0.997. The van der Waals surface area contributed by atoms with E-state index in [1.54, 1.807) is 18.3 Å². The van der Waals surface area contributed by atoms with E-state index in [1.807, 2.05) is 24.3 Å². The second-order valence-corrected chi connectivity index (χ2v) is 6.57. The van der Waals surface area contributed by atoms with Crippen LogP contribution in [0.4, 0.5) is 4.39 Å². The maximum absolute atomic E-state index is 13.2. The number of halogens is 1. The fraction of sp³-hybridized carbons (Fsp3) is 0.227. The lowest BCUT2D eigenvalue weighted by molar-refractivity contribution is 0.0974. The molecular formula is C22H24FNO2. The average molecular weight is 353 g/mol. The van der Waals surface area contributed by atoms with Crippen molar-refractivity contribution in [1.82, 2.24) is 4.57 Å². The van der Waals surface area contributed by atoms with Crippen molar-refractivity contribution in [3.05, 3.63) is 78.8 Å². The zero-order chi connectivity index (χ0) is 19.1. The summed E-state index contributed by atoms with van der Waals surface area (Å²) in [5, 5.41) is 0.828. The summed E-state index contributed by atoms with van der Waals surface area (Å²) in [4.78, 5) is 11.8. The van der Waals surface area contributed by atoms with Crippen molar-refractivity contribution in [2.24, 2.45) is 5.92 Å². The molecule has 0 saturated heterocycles. The highest BCUT2D eigenvalue weighted by Gasteiger charge is 2.09. The highest BCUT2D eigenvalue weighted by molar-refractivity contribution is 5.99. The van der Waals surface area contributed by atoms with Crippen molar-refractivity contribution < 1.29 is 13.9 Å². The lowest BCUT2D eigenvalue weighted by Gasteiger charge is -2.08. The van der Waals surface area contributed by atoms with Gasteiger partial charge in [-0.3, -0.25) is 9.36 Å². The Kier molecular flexibility index (Phi) is 6.73. The number of carbonyl (C=O) groups is 1. The summed E-state index contributed by atoms with van der Waals surface area (Å²) < 4.78 is 20.5. The molecule has 0 aliphatic heterocycles. The largest absolute Gasteiger partial charge is 0.488 e. The van der Waals surface area contributed by atoms with E-state index < -0.39 is 0 Å². The molecule has 1 aromatic heterocycles. The van der Waals surface area contributed by atoms with E-state index in [4.69, 9.17) is 4.74 Å². The standard InChI is InChI=1S/C18H14FNO2.C4H10/c1-2-18(21)20-10-9-15-16(20)7-4-8-17(15)22-12-13-5-3-6-14(19)11-13;1-4(2)3/h2-11H,1,12H2;4H,1-3H3. The minimum absolute atomic E-state index is 0.197. The second kappa shape index (κ2) is 8.99. The molecule has 3 rings (SSSR count). The highest BCUT2D eigenvalue weighted by Crippen LogP contribution is 2.27. The van der Waals surface area contributed by atoms with E-state index in [2.05, 4.69) is 27.4 Å². The van der Waals surface area contributed by atoms with Gasteiger partial charge in [0.1, 0.15) is 18.2 Å². The molecule has 0 aliphatic carbocycles. The summed E-state index contributed by atoms with van der Waals surface area (Å²) >= 11 is 0. The molecule has 0 N–H and O–H groups in total. The fourth-order valence-corrected chi connectivity index (χ4v) is 2.34. The number of hydrogen-bond donors (Lipinski definition) is 0. The Hall–Kier alpha value is -2.88. The molecule has 0 saturated carbocycles. The van der Waals surface area contributed by atoms with Crippen LogP contribution in [0, 0.1) is 11.7 Å². The first kappa shape index (κ1) is 19.4. The molecule has 0 fully saturated rings. The van der Waals surface area contributed by atoms with E-state index >= 15 is 0 Å². The van der Waals surface area contributed by atoms with Crippen molar-refractivity contribution >= 4 is 16.8 Å². The van der Waals surface area contributed by atoms with E-state index in [0.29, 0.717) is 5.75 Å². The van der Waals surface area contributed by atoms with Gasteiger partial charge < -0.3 is 4.74 Å². The summed E-state index contributed by atoms with van der Waals surface area (Å²) in [6, 6.07) is 13.6. The monoisotopic (exact) mass is 353 g/mol. The first-order chi connectivity index (χ1) is 12.4. The minimum Gasteiger partial charge on any atom is -0.488 e. The zero-order valence-electron chi connectivity index (χ0n) is 15.4. The van der Waals surface area contributed by atoms with Crippen LogP contribution in [0.1, 0.15) is 31.1 Å². The van der Waals surface area contributed by atoms with E-state index in [9.17, 15) is 9.18 Å². The van der Waals surface area contributed by atoms with Crippen LogP contribution in [0.15, 0.2) is 67.4 Å². The Morgan fingerprint density at radius 2 is 1.88 bits per heavy atom. The molecule has 0 bridgehead atoms. The Balaban J connectivity index is 0.000000552. The summed E-state index contributed by atoms with van der Waals surface area (Å²) in [6.45, 7) is 10.3. The Morgan fingerprint density at radius 3 is 2.54 bits per heavy atom. The lowest BCUT2D eigenvalue weighted by Crippen LogP contribution is -2.04. The molecular weight excluding hydrogens is 329 g/mol. The summed E-state index contributed by atoms with van der Waals surface area (Å²) in [5.41, 5.74) is 1.50. The van der Waals surface area contributed by atoms with Crippen LogP contribution < -0.4 is 4.74 Å². The molecule has 3 nitrogen and oxygen atoms in total. The van der Waals surface area contributed by atoms with Gasteiger partial charge in [0.05, 0.1) is 5.52 Å². The maximum atomic E-state index is 13.2. The van der Waals surface area contributed by atoms with Gasteiger partial charge in [0.15, 0.2) is 0 Å². The summed E-state index contributed by atoms with van der Waals surface area (Å²) in [6.07, 6.45) is 2.95. The number of allylic oxidation sites excluding steroid dienone is 1. The number of fused-ring (bicyclic) bond motifs is 1. The van der Waals surface area contributed by atoms with Gasteiger partial charge in [-0.2, -0.15) is 0 Å². The number of nitrogens with zero attached hydrogens (tertiary/aromatic N) is 1. The van der Waals surface area contributed by atoms with E-state index in [0.717, 1.165) is 22.4 Å². The lowest BCUT2D eigenvalue weighted by atomic mass is 10.2. The second-order valence-electron chi connectivity index (χ2n) is 6.57. The fourth-order valence-electron chi connectivity index (χ4n) is 2.34. The normalized spacial score (nSPS) is 10.3. The Morgan fingerprint density at radius 1 is 1.19 bits per heavy atom. The molecule has 0 aliphatic rings. The van der Waals surface area contributed by atoms with Crippen LogP contribution in [-0.2, 0) is 6.61 Å². The van der Waals surface area contributed by atoms with E-state index in [1.165, 1.54) is 22.8 Å². The third-order valence-corrected chi connectivity index (χ3v) is 3.39. The van der Waals surface area contributed by atoms with Gasteiger partial charge in [-0.25, -0.2) is 4.39 Å². The minimum atomic E-state index is -0.290. The van der Waals surface area contributed by atoms with Crippen LogP contribution in [-0.4, -0.2) is 10.5 Å². The van der Waals surface area contributed by atoms with Crippen molar-refractivity contribution in [1.29, 1.82) is 0 Å². The molecule has 3 aromatic rings. The molecule has 0 unspecified atom stereocenters. The Labute approximate surface area is 153 Å². The van der Waals surface area contributed by atoms with Crippen LogP contribution in [0.5, 0.6) is 5.75 Å². The first-order valence-electron chi connectivity index (χ1n) is 8.56. The number of benzene rings is 2. The molecule has 26 heavy (non-hydrogen) atoms. The van der Waals surface area contributed by atoms with Gasteiger partial charge in [0.2, 0.25) is 0 Å². The third-order valence-electron chi connectivity index (χ3n) is 3.39. The van der Waals surface area contributed by atoms with Gasteiger partial charge in [-0.05, 0) is 47.9 Å². The predicted molar refractivity (Wildman–Crippen MR) is 104 cm³/mol. The number of carbonyl (C=O) groups excluding carboxylic acids is 1. The van der Waals surface area contributed by atoms with Crippen molar-refractivity contribution in [2.45, 2.75) is 27.4 Å². The van der Waals surface area contributed by atoms with E-state index in [-0.39, 0.29) is 18.3 Å². The smallest absolute Gasteiger partial charge is 0.254 e. The average Bonchev–Trinajstić information content (AvgIpc) is 3.03. The van der Waals surface area contributed by atoms with Crippen LogP contribution >= 0.6 is 0 Å². The molecule has 136 valence electrons. The Bertz CT molecular complexity index is 893. The molecule has 0 amide bonds. The SMILES string of the molecule is C=CC(=O)n1ccc2c(OCc3cccc(F)c3)cccc21.CC(C)C. The maximum Gasteiger partial charge on any atom is 0.254 e. The number of hydrogen-bond acceptors (Lipinski definition) is 2. The number of aromatic nitrogens is 1. The molecule has 1 heterocycles. The van der Waals surface area contributed by atoms with Gasteiger partial charge in [0.25, 0.3) is 5.91 Å². The van der Waals surface area contributed by atoms with Crippen molar-refractivity contribution in [3.8, 4) is 5.75 Å². The predicted octanol–water partition coefficient (Wildman–Crippen LogP) is 5.85. The van der Waals surface area contributed by atoms with Crippen molar-refractivity contribution in [3.63, 3.8) is 0 Å². The molecule has 4 heteroatoms. The van der Waals surface area contributed by atoms with Crippen LogP contribution in [0.2, 0.25) is 0 Å². The van der Waals surface area contributed by atoms with Gasteiger partial charge in [-0.15, -0.1) is 0 Å². The number of ether oxygens (including phenoxy) is 1. The van der Waals surface area contributed by atoms with Gasteiger partial charge in [-0.1, -0.05) is 45.5 Å². The highest BCUT2D eigenvalue weighted by atomic mass is 19.1. The molecule has 0 spiro atoms. The van der Waals surface area contributed by atoms with Crippen LogP contribution in [0.25, 0.3) is 10.9 Å². The summed E-state index contributed by atoms with van der Waals surface area (Å²) in [7, 11) is 0. The topological polar surface area (TPSA) is 31.2 Å². The molecule has 0 atom stereocenters. The third kappa shape index (κ3) is 5.06. The molecule has 2 aromatic carbocycles. The van der Waals surface area contributed by atoms with Gasteiger partial charge >= 0.3 is 0 Å². The van der Waals surface area contributed by atoms with Crippen LogP contribution in [0.3, 0.4) is 0 Å².